The second kappa shape index (κ2) is 5.13. The molecule has 4 fully saturated rings. The van der Waals surface area contributed by atoms with Crippen LogP contribution in [0, 0.1) is 17.8 Å². The predicted molar refractivity (Wildman–Crippen MR) is 102 cm³/mol. The molecule has 0 radical (unpaired) electrons. The molecule has 4 aliphatic rings. The van der Waals surface area contributed by atoms with Crippen molar-refractivity contribution in [3.05, 3.63) is 34.6 Å². The maximum absolute atomic E-state index is 4.92. The van der Waals surface area contributed by atoms with E-state index in [0.717, 1.165) is 43.6 Å². The first kappa shape index (κ1) is 14.9. The Bertz CT molecular complexity index is 922. The number of hydrogen-bond donors (Lipinski definition) is 0. The van der Waals surface area contributed by atoms with E-state index in [1.807, 2.05) is 0 Å². The highest BCUT2D eigenvalue weighted by molar-refractivity contribution is 9.10. The molecule has 0 aliphatic heterocycles. The maximum atomic E-state index is 4.92. The van der Waals surface area contributed by atoms with Crippen LogP contribution in [0.5, 0.6) is 0 Å². The van der Waals surface area contributed by atoms with E-state index in [9.17, 15) is 0 Å². The highest BCUT2D eigenvalue weighted by Gasteiger charge is 2.54. The molecule has 4 aliphatic carbocycles. The van der Waals surface area contributed by atoms with Gasteiger partial charge in [0.25, 0.3) is 0 Å². The SMILES string of the molecule is Brc1ccc(-c2nn3c(C45CC6CC(CC(C6)C4)C5)nnc3s2)cc1. The number of hydrogen-bond acceptors (Lipinski definition) is 4. The molecule has 6 heteroatoms. The molecule has 0 unspecified atom stereocenters. The first-order valence-corrected chi connectivity index (χ1v) is 10.8. The van der Waals surface area contributed by atoms with E-state index in [0.29, 0.717) is 0 Å². The quantitative estimate of drug-likeness (QED) is 0.586. The van der Waals surface area contributed by atoms with Crippen molar-refractivity contribution in [2.24, 2.45) is 17.8 Å². The Hall–Kier alpha value is -1.27. The molecule has 2 aromatic heterocycles. The lowest BCUT2D eigenvalue weighted by molar-refractivity contribution is -0.0103. The van der Waals surface area contributed by atoms with Crippen LogP contribution in [0.2, 0.25) is 0 Å². The summed E-state index contributed by atoms with van der Waals surface area (Å²) in [5.74, 6) is 3.86. The Kier molecular flexibility index (Phi) is 3.05. The summed E-state index contributed by atoms with van der Waals surface area (Å²) in [5.41, 5.74) is 1.38. The summed E-state index contributed by atoms with van der Waals surface area (Å²) in [6.45, 7) is 0. The van der Waals surface area contributed by atoms with Gasteiger partial charge in [0.1, 0.15) is 5.01 Å². The van der Waals surface area contributed by atoms with E-state index in [4.69, 9.17) is 5.10 Å². The van der Waals surface area contributed by atoms with Crippen molar-refractivity contribution in [2.75, 3.05) is 0 Å². The zero-order valence-electron chi connectivity index (χ0n) is 13.9. The van der Waals surface area contributed by atoms with Gasteiger partial charge >= 0.3 is 0 Å². The molecular weight excluding hydrogens is 396 g/mol. The average Bonchev–Trinajstić information content (AvgIpc) is 3.14. The third-order valence-corrected chi connectivity index (χ3v) is 8.07. The average molecular weight is 415 g/mol. The zero-order chi connectivity index (χ0) is 16.6. The van der Waals surface area contributed by atoms with Gasteiger partial charge in [-0.25, -0.2) is 0 Å². The third-order valence-electron chi connectivity index (χ3n) is 6.59. The Labute approximate surface area is 158 Å². The van der Waals surface area contributed by atoms with Crippen LogP contribution in [0.15, 0.2) is 28.7 Å². The van der Waals surface area contributed by atoms with Gasteiger partial charge < -0.3 is 0 Å². The summed E-state index contributed by atoms with van der Waals surface area (Å²) in [6.07, 6.45) is 8.23. The van der Waals surface area contributed by atoms with Crippen molar-refractivity contribution in [2.45, 2.75) is 43.9 Å². The van der Waals surface area contributed by atoms with Crippen LogP contribution in [-0.4, -0.2) is 19.8 Å². The fraction of sp³-hybridized carbons (Fsp3) is 0.526. The van der Waals surface area contributed by atoms with Crippen molar-refractivity contribution in [1.29, 1.82) is 0 Å². The van der Waals surface area contributed by atoms with Crippen molar-refractivity contribution >= 4 is 32.2 Å². The largest absolute Gasteiger partial charge is 0.235 e. The van der Waals surface area contributed by atoms with Crippen LogP contribution in [0.3, 0.4) is 0 Å². The number of aromatic nitrogens is 4. The number of nitrogens with zero attached hydrogens (tertiary/aromatic N) is 4. The normalized spacial score (nSPS) is 33.4. The van der Waals surface area contributed by atoms with Gasteiger partial charge in [0, 0.05) is 15.5 Å². The Morgan fingerprint density at radius 1 is 0.960 bits per heavy atom. The lowest BCUT2D eigenvalue weighted by Crippen LogP contribution is -2.49. The Morgan fingerprint density at radius 2 is 1.60 bits per heavy atom. The highest BCUT2D eigenvalue weighted by Crippen LogP contribution is 2.60. The summed E-state index contributed by atoms with van der Waals surface area (Å²) in [7, 11) is 0. The summed E-state index contributed by atoms with van der Waals surface area (Å²) >= 11 is 5.15. The molecule has 4 nitrogen and oxygen atoms in total. The van der Waals surface area contributed by atoms with Crippen LogP contribution in [0.25, 0.3) is 15.5 Å². The van der Waals surface area contributed by atoms with Crippen molar-refractivity contribution in [1.82, 2.24) is 19.8 Å². The number of benzene rings is 1. The standard InChI is InChI=1S/C19H19BrN4S/c20-15-3-1-14(2-4-15)16-23-24-17(21-22-18(24)25-16)19-8-11-5-12(9-19)7-13(6-11)10-19/h1-4,11-13H,5-10H2. The number of fused-ring (bicyclic) bond motifs is 1. The molecule has 4 bridgehead atoms. The molecular formula is C19H19BrN4S. The Morgan fingerprint density at radius 3 is 2.24 bits per heavy atom. The molecule has 2 heterocycles. The van der Waals surface area contributed by atoms with Crippen molar-refractivity contribution in [3.8, 4) is 10.6 Å². The zero-order valence-corrected chi connectivity index (χ0v) is 16.3. The minimum atomic E-state index is 0.235. The smallest absolute Gasteiger partial charge is 0.186 e. The lowest BCUT2D eigenvalue weighted by Gasteiger charge is -2.55. The van der Waals surface area contributed by atoms with E-state index in [-0.39, 0.29) is 5.41 Å². The molecule has 3 aromatic rings. The van der Waals surface area contributed by atoms with Gasteiger partial charge in [0.2, 0.25) is 4.96 Å². The molecule has 25 heavy (non-hydrogen) atoms. The third kappa shape index (κ3) is 2.19. The van der Waals surface area contributed by atoms with Gasteiger partial charge in [0.15, 0.2) is 5.82 Å². The summed E-state index contributed by atoms with van der Waals surface area (Å²) in [6, 6.07) is 8.36. The Balaban J connectivity index is 1.45. The lowest BCUT2D eigenvalue weighted by atomic mass is 9.49. The minimum Gasteiger partial charge on any atom is -0.186 e. The molecule has 0 atom stereocenters. The minimum absolute atomic E-state index is 0.235. The van der Waals surface area contributed by atoms with Crippen LogP contribution in [0.1, 0.15) is 44.3 Å². The summed E-state index contributed by atoms with van der Waals surface area (Å²) < 4.78 is 3.16. The first-order chi connectivity index (χ1) is 12.2. The number of rotatable bonds is 2. The van der Waals surface area contributed by atoms with Crippen molar-refractivity contribution < 1.29 is 0 Å². The van der Waals surface area contributed by atoms with E-state index >= 15 is 0 Å². The van der Waals surface area contributed by atoms with E-state index in [1.165, 1.54) is 38.5 Å². The van der Waals surface area contributed by atoms with Gasteiger partial charge in [-0.15, -0.1) is 10.2 Å². The van der Waals surface area contributed by atoms with Gasteiger partial charge in [-0.2, -0.15) is 9.61 Å². The fourth-order valence-corrected chi connectivity index (χ4v) is 7.15. The van der Waals surface area contributed by atoms with Crippen LogP contribution in [-0.2, 0) is 5.41 Å². The van der Waals surface area contributed by atoms with Gasteiger partial charge in [0.05, 0.1) is 0 Å². The molecule has 0 N–H and O–H groups in total. The maximum Gasteiger partial charge on any atom is 0.235 e. The topological polar surface area (TPSA) is 43.1 Å². The summed E-state index contributed by atoms with van der Waals surface area (Å²) in [5, 5.41) is 15.1. The monoisotopic (exact) mass is 414 g/mol. The molecule has 0 amide bonds. The van der Waals surface area contributed by atoms with Gasteiger partial charge in [-0.1, -0.05) is 39.4 Å². The van der Waals surface area contributed by atoms with Gasteiger partial charge in [-0.05, 0) is 68.4 Å². The second-order valence-electron chi connectivity index (χ2n) is 8.33. The van der Waals surface area contributed by atoms with Crippen LogP contribution < -0.4 is 0 Å². The van der Waals surface area contributed by atoms with E-state index < -0.39 is 0 Å². The fourth-order valence-electron chi connectivity index (χ4n) is 6.04. The predicted octanol–water partition coefficient (Wildman–Crippen LogP) is 5.08. The second-order valence-corrected chi connectivity index (χ2v) is 10.2. The highest BCUT2D eigenvalue weighted by atomic mass is 79.9. The molecule has 128 valence electrons. The van der Waals surface area contributed by atoms with Crippen LogP contribution in [0.4, 0.5) is 0 Å². The molecule has 0 spiro atoms. The van der Waals surface area contributed by atoms with E-state index in [2.05, 4.69) is 54.9 Å². The van der Waals surface area contributed by atoms with Gasteiger partial charge in [-0.3, -0.25) is 0 Å². The first-order valence-electron chi connectivity index (χ1n) is 9.17. The number of halogens is 1. The molecule has 1 aromatic carbocycles. The molecule has 7 rings (SSSR count). The van der Waals surface area contributed by atoms with E-state index in [1.54, 1.807) is 11.3 Å². The molecule has 0 saturated heterocycles. The molecule has 4 saturated carbocycles. The van der Waals surface area contributed by atoms with Crippen LogP contribution >= 0.6 is 27.3 Å². The summed E-state index contributed by atoms with van der Waals surface area (Å²) in [4.78, 5) is 0.934. The van der Waals surface area contributed by atoms with Crippen molar-refractivity contribution in [3.63, 3.8) is 0 Å².